The van der Waals surface area contributed by atoms with Crippen molar-refractivity contribution < 1.29 is 0 Å². The second-order valence-corrected chi connectivity index (χ2v) is 6.08. The normalized spacial score (nSPS) is 31.9. The highest BCUT2D eigenvalue weighted by molar-refractivity contribution is 6.26. The minimum atomic E-state index is -0.0106. The lowest BCUT2D eigenvalue weighted by atomic mass is 9.80. The van der Waals surface area contributed by atoms with Crippen molar-refractivity contribution in [2.45, 2.75) is 22.6 Å². The lowest BCUT2D eigenvalue weighted by molar-refractivity contribution is 0.586. The van der Waals surface area contributed by atoms with Crippen molar-refractivity contribution in [2.75, 3.05) is 0 Å². The summed E-state index contributed by atoms with van der Waals surface area (Å²) >= 11 is 13.4. The number of fused-ring (bicyclic) bond motifs is 7. The zero-order valence-electron chi connectivity index (χ0n) is 9.68. The van der Waals surface area contributed by atoms with E-state index in [1.54, 1.807) is 0 Å². The Morgan fingerprint density at radius 2 is 1.17 bits per heavy atom. The van der Waals surface area contributed by atoms with E-state index in [2.05, 4.69) is 48.5 Å². The summed E-state index contributed by atoms with van der Waals surface area (Å²) < 4.78 is 0. The van der Waals surface area contributed by atoms with Crippen LogP contribution in [0, 0.1) is 0 Å². The summed E-state index contributed by atoms with van der Waals surface area (Å²) in [7, 11) is 0. The first-order valence-corrected chi connectivity index (χ1v) is 7.12. The molecule has 0 saturated heterocycles. The molecule has 4 rings (SSSR count). The highest BCUT2D eigenvalue weighted by Crippen LogP contribution is 2.59. The molecule has 0 heterocycles. The molecule has 2 aliphatic rings. The molecule has 0 unspecified atom stereocenters. The number of alkyl halides is 2. The van der Waals surface area contributed by atoms with Crippen LogP contribution in [0.1, 0.15) is 39.5 Å². The molecular formula is C16H12Cl2. The monoisotopic (exact) mass is 274 g/mol. The molecule has 18 heavy (non-hydrogen) atoms. The first kappa shape index (κ1) is 10.9. The zero-order chi connectivity index (χ0) is 12.3. The molecule has 0 spiro atoms. The van der Waals surface area contributed by atoms with Crippen LogP contribution in [0.3, 0.4) is 0 Å². The Balaban J connectivity index is 2.04. The second kappa shape index (κ2) is 3.76. The SMILES string of the molecule is Cl[C@H]1[C@@H]2c3ccccc3[C@@H]1[C@H](Cl)c1ccccc12. The summed E-state index contributed by atoms with van der Waals surface area (Å²) in [6.07, 6.45) is 0. The maximum absolute atomic E-state index is 6.68. The van der Waals surface area contributed by atoms with Gasteiger partial charge in [0.05, 0.1) is 10.8 Å². The van der Waals surface area contributed by atoms with Gasteiger partial charge in [-0.3, -0.25) is 0 Å². The summed E-state index contributed by atoms with van der Waals surface area (Å²) in [5.41, 5.74) is 5.25. The van der Waals surface area contributed by atoms with Crippen LogP contribution in [0.5, 0.6) is 0 Å². The predicted molar refractivity (Wildman–Crippen MR) is 75.7 cm³/mol. The van der Waals surface area contributed by atoms with Gasteiger partial charge in [0.2, 0.25) is 0 Å². The Morgan fingerprint density at radius 3 is 1.83 bits per heavy atom. The van der Waals surface area contributed by atoms with Crippen LogP contribution in [0.25, 0.3) is 0 Å². The summed E-state index contributed by atoms with van der Waals surface area (Å²) in [6, 6.07) is 17.0. The van der Waals surface area contributed by atoms with Crippen molar-refractivity contribution in [2.24, 2.45) is 0 Å². The van der Waals surface area contributed by atoms with E-state index in [1.807, 2.05) is 0 Å². The van der Waals surface area contributed by atoms with Crippen LogP contribution in [-0.2, 0) is 0 Å². The van der Waals surface area contributed by atoms with Gasteiger partial charge in [-0.1, -0.05) is 48.5 Å². The average molecular weight is 275 g/mol. The van der Waals surface area contributed by atoms with Crippen LogP contribution >= 0.6 is 23.2 Å². The average Bonchev–Trinajstić information content (AvgIpc) is 2.63. The molecule has 0 fully saturated rings. The molecule has 4 atom stereocenters. The van der Waals surface area contributed by atoms with E-state index in [1.165, 1.54) is 22.3 Å². The van der Waals surface area contributed by atoms with Crippen molar-refractivity contribution in [1.82, 2.24) is 0 Å². The fourth-order valence-electron chi connectivity index (χ4n) is 3.54. The predicted octanol–water partition coefficient (Wildman–Crippen LogP) is 4.82. The van der Waals surface area contributed by atoms with E-state index in [0.717, 1.165) is 0 Å². The summed E-state index contributed by atoms with van der Waals surface area (Å²) in [5.74, 6) is 0.545. The zero-order valence-corrected chi connectivity index (χ0v) is 11.2. The standard InChI is InChI=1S/C16H12Cl2/c17-15-12-8-4-3-7-11(12)13-9-5-1-2-6-10(9)14(15)16(13)18/h1-8,13-16H/t13-,14-,15-,16+/m1/s1. The van der Waals surface area contributed by atoms with Crippen molar-refractivity contribution >= 4 is 23.2 Å². The second-order valence-electron chi connectivity index (χ2n) is 5.11. The molecule has 2 aliphatic carbocycles. The summed E-state index contributed by atoms with van der Waals surface area (Å²) in [6.45, 7) is 0. The first-order valence-electron chi connectivity index (χ1n) is 6.25. The molecule has 0 saturated carbocycles. The Labute approximate surface area is 117 Å². The first-order chi connectivity index (χ1) is 8.79. The van der Waals surface area contributed by atoms with Crippen LogP contribution < -0.4 is 0 Å². The molecule has 0 aliphatic heterocycles. The molecule has 90 valence electrons. The smallest absolute Gasteiger partial charge is 0.0671 e. The molecule has 0 radical (unpaired) electrons. The van der Waals surface area contributed by atoms with Crippen molar-refractivity contribution in [3.05, 3.63) is 70.8 Å². The topological polar surface area (TPSA) is 0 Å². The third-order valence-corrected chi connectivity index (χ3v) is 5.33. The van der Waals surface area contributed by atoms with E-state index in [0.29, 0.717) is 5.92 Å². The minimum Gasteiger partial charge on any atom is -0.121 e. The lowest BCUT2D eigenvalue weighted by Crippen LogP contribution is -2.24. The van der Waals surface area contributed by atoms with Gasteiger partial charge in [0, 0.05) is 11.8 Å². The van der Waals surface area contributed by atoms with E-state index in [9.17, 15) is 0 Å². The molecule has 0 N–H and O–H groups in total. The van der Waals surface area contributed by atoms with Crippen LogP contribution in [0.15, 0.2) is 48.5 Å². The van der Waals surface area contributed by atoms with Crippen molar-refractivity contribution in [3.8, 4) is 0 Å². The third kappa shape index (κ3) is 1.23. The molecule has 2 aromatic rings. The van der Waals surface area contributed by atoms with Gasteiger partial charge in [0.15, 0.2) is 0 Å². The van der Waals surface area contributed by atoms with Gasteiger partial charge in [0.1, 0.15) is 0 Å². The van der Waals surface area contributed by atoms with Gasteiger partial charge in [-0.2, -0.15) is 0 Å². The lowest BCUT2D eigenvalue weighted by Gasteiger charge is -2.32. The number of rotatable bonds is 0. The van der Waals surface area contributed by atoms with Gasteiger partial charge in [-0.05, 0) is 22.3 Å². The molecule has 2 aromatic carbocycles. The third-order valence-electron chi connectivity index (χ3n) is 4.30. The fourth-order valence-corrected chi connectivity index (χ4v) is 4.66. The number of hydrogen-bond acceptors (Lipinski definition) is 0. The van der Waals surface area contributed by atoms with Crippen molar-refractivity contribution in [1.29, 1.82) is 0 Å². The van der Waals surface area contributed by atoms with E-state index in [-0.39, 0.29) is 16.7 Å². The fraction of sp³-hybridized carbons (Fsp3) is 0.250. The highest BCUT2D eigenvalue weighted by Gasteiger charge is 2.48. The van der Waals surface area contributed by atoms with E-state index < -0.39 is 0 Å². The van der Waals surface area contributed by atoms with Crippen LogP contribution in [-0.4, -0.2) is 5.38 Å². The number of benzene rings is 2. The number of hydrogen-bond donors (Lipinski definition) is 0. The van der Waals surface area contributed by atoms with Gasteiger partial charge < -0.3 is 0 Å². The van der Waals surface area contributed by atoms with Crippen LogP contribution in [0.4, 0.5) is 0 Å². The molecular weight excluding hydrogens is 263 g/mol. The Kier molecular flexibility index (Phi) is 2.27. The van der Waals surface area contributed by atoms with Crippen LogP contribution in [0.2, 0.25) is 0 Å². The quantitative estimate of drug-likeness (QED) is 0.605. The maximum Gasteiger partial charge on any atom is 0.0671 e. The molecule has 0 amide bonds. The number of halogens is 2. The van der Waals surface area contributed by atoms with Gasteiger partial charge >= 0.3 is 0 Å². The molecule has 0 aromatic heterocycles. The largest absolute Gasteiger partial charge is 0.121 e. The Bertz CT molecular complexity index is 620. The maximum atomic E-state index is 6.68. The Hall–Kier alpha value is -0.980. The van der Waals surface area contributed by atoms with Gasteiger partial charge in [0.25, 0.3) is 0 Å². The summed E-state index contributed by atoms with van der Waals surface area (Å²) in [4.78, 5) is 0. The highest BCUT2D eigenvalue weighted by atomic mass is 35.5. The summed E-state index contributed by atoms with van der Waals surface area (Å²) in [5, 5.41) is 0.0726. The van der Waals surface area contributed by atoms with Crippen molar-refractivity contribution in [3.63, 3.8) is 0 Å². The van der Waals surface area contributed by atoms with E-state index >= 15 is 0 Å². The van der Waals surface area contributed by atoms with E-state index in [4.69, 9.17) is 23.2 Å². The van der Waals surface area contributed by atoms with Gasteiger partial charge in [-0.15, -0.1) is 23.2 Å². The molecule has 2 bridgehead atoms. The molecule has 0 nitrogen and oxygen atoms in total. The Morgan fingerprint density at radius 1 is 0.667 bits per heavy atom. The van der Waals surface area contributed by atoms with Gasteiger partial charge in [-0.25, -0.2) is 0 Å². The molecule has 2 heteroatoms. The minimum absolute atomic E-state index is 0.0106.